The van der Waals surface area contributed by atoms with Crippen molar-refractivity contribution in [1.82, 2.24) is 15.1 Å². The molecule has 110 valence electrons. The summed E-state index contributed by atoms with van der Waals surface area (Å²) in [7, 11) is 4.05. The highest BCUT2D eigenvalue weighted by atomic mass is 16.2. The third-order valence-corrected chi connectivity index (χ3v) is 4.62. The molecule has 0 radical (unpaired) electrons. The molecule has 1 amide bonds. The summed E-state index contributed by atoms with van der Waals surface area (Å²) in [5.74, 6) is 0.285. The normalized spacial score (nSPS) is 24.9. The fourth-order valence-corrected chi connectivity index (χ4v) is 3.37. The topological polar surface area (TPSA) is 35.6 Å². The van der Waals surface area contributed by atoms with Gasteiger partial charge >= 0.3 is 0 Å². The van der Waals surface area contributed by atoms with Crippen molar-refractivity contribution in [2.45, 2.75) is 57.0 Å². The van der Waals surface area contributed by atoms with E-state index in [9.17, 15) is 4.79 Å². The lowest BCUT2D eigenvalue weighted by Gasteiger charge is -2.32. The predicted molar refractivity (Wildman–Crippen MR) is 78.2 cm³/mol. The van der Waals surface area contributed by atoms with Gasteiger partial charge in [0.15, 0.2) is 0 Å². The zero-order valence-corrected chi connectivity index (χ0v) is 12.5. The Hall–Kier alpha value is -0.610. The molecule has 2 rings (SSSR count). The van der Waals surface area contributed by atoms with Crippen LogP contribution >= 0.6 is 0 Å². The van der Waals surface area contributed by atoms with E-state index in [0.717, 1.165) is 13.1 Å². The van der Waals surface area contributed by atoms with E-state index in [-0.39, 0.29) is 5.91 Å². The second-order valence-corrected chi connectivity index (χ2v) is 6.29. The number of amides is 1. The molecule has 2 aliphatic rings. The maximum Gasteiger partial charge on any atom is 0.236 e. The second-order valence-electron chi connectivity index (χ2n) is 6.29. The molecule has 1 saturated heterocycles. The van der Waals surface area contributed by atoms with Gasteiger partial charge in [-0.3, -0.25) is 9.69 Å². The molecule has 0 bridgehead atoms. The van der Waals surface area contributed by atoms with Crippen LogP contribution in [0.15, 0.2) is 0 Å². The summed E-state index contributed by atoms with van der Waals surface area (Å²) in [6.07, 6.45) is 8.80. The van der Waals surface area contributed by atoms with Gasteiger partial charge in [-0.2, -0.15) is 0 Å². The molecule has 1 saturated carbocycles. The Bertz CT molecular complexity index is 283. The van der Waals surface area contributed by atoms with Crippen molar-refractivity contribution in [3.63, 3.8) is 0 Å². The van der Waals surface area contributed by atoms with Crippen LogP contribution in [-0.4, -0.2) is 61.5 Å². The van der Waals surface area contributed by atoms with Gasteiger partial charge < -0.3 is 10.2 Å². The molecular formula is C15H29N3O. The second kappa shape index (κ2) is 7.25. The smallest absolute Gasteiger partial charge is 0.236 e. The molecule has 19 heavy (non-hydrogen) atoms. The van der Waals surface area contributed by atoms with E-state index >= 15 is 0 Å². The van der Waals surface area contributed by atoms with Crippen molar-refractivity contribution < 1.29 is 4.79 Å². The first-order valence-electron chi connectivity index (χ1n) is 7.84. The van der Waals surface area contributed by atoms with Gasteiger partial charge in [0.25, 0.3) is 0 Å². The minimum Gasteiger partial charge on any atom is -0.342 e. The number of likely N-dealkylation sites (N-methyl/N-ethyl adjacent to an activating group) is 2. The summed E-state index contributed by atoms with van der Waals surface area (Å²) in [5.41, 5.74) is 0. The lowest BCUT2D eigenvalue weighted by molar-refractivity contribution is -0.133. The Balaban J connectivity index is 1.72. The van der Waals surface area contributed by atoms with Crippen LogP contribution in [0.5, 0.6) is 0 Å². The Kier molecular flexibility index (Phi) is 5.64. The Morgan fingerprint density at radius 2 is 1.84 bits per heavy atom. The highest BCUT2D eigenvalue weighted by Crippen LogP contribution is 2.21. The van der Waals surface area contributed by atoms with Gasteiger partial charge in [0.2, 0.25) is 5.91 Å². The molecule has 4 nitrogen and oxygen atoms in total. The highest BCUT2D eigenvalue weighted by Gasteiger charge is 2.23. The number of hydrogen-bond acceptors (Lipinski definition) is 3. The summed E-state index contributed by atoms with van der Waals surface area (Å²) in [5, 5.41) is 3.49. The Labute approximate surface area is 117 Å². The number of nitrogens with zero attached hydrogens (tertiary/aromatic N) is 2. The molecule has 0 aromatic carbocycles. The summed E-state index contributed by atoms with van der Waals surface area (Å²) >= 11 is 0. The molecule has 1 heterocycles. The SMILES string of the molecule is CN(CC(=O)N(C)C1CCCCC1)CC1CCCN1. The number of carbonyl (C=O) groups excluding carboxylic acids is 1. The first-order valence-corrected chi connectivity index (χ1v) is 7.84. The van der Waals surface area contributed by atoms with Crippen LogP contribution in [0.25, 0.3) is 0 Å². The summed E-state index contributed by atoms with van der Waals surface area (Å²) in [6.45, 7) is 2.68. The summed E-state index contributed by atoms with van der Waals surface area (Å²) < 4.78 is 0. The number of rotatable bonds is 5. The molecule has 1 unspecified atom stereocenters. The molecule has 1 atom stereocenters. The van der Waals surface area contributed by atoms with Gasteiger partial charge in [0.05, 0.1) is 6.54 Å². The largest absolute Gasteiger partial charge is 0.342 e. The van der Waals surface area contributed by atoms with Crippen molar-refractivity contribution in [3.8, 4) is 0 Å². The van der Waals surface area contributed by atoms with Crippen LogP contribution < -0.4 is 5.32 Å². The van der Waals surface area contributed by atoms with Crippen LogP contribution in [-0.2, 0) is 4.79 Å². The van der Waals surface area contributed by atoms with Crippen molar-refractivity contribution in [3.05, 3.63) is 0 Å². The standard InChI is InChI=1S/C15H29N3O/c1-17(11-13-7-6-10-16-13)12-15(19)18(2)14-8-4-3-5-9-14/h13-14,16H,3-12H2,1-2H3. The summed E-state index contributed by atoms with van der Waals surface area (Å²) in [6, 6.07) is 1.07. The van der Waals surface area contributed by atoms with Crippen LogP contribution in [0, 0.1) is 0 Å². The van der Waals surface area contributed by atoms with Crippen molar-refractivity contribution in [2.24, 2.45) is 0 Å². The third kappa shape index (κ3) is 4.46. The average Bonchev–Trinajstić information content (AvgIpc) is 2.91. The number of nitrogens with one attached hydrogen (secondary N) is 1. The quantitative estimate of drug-likeness (QED) is 0.819. The Morgan fingerprint density at radius 3 is 2.47 bits per heavy atom. The van der Waals surface area contributed by atoms with Gasteiger partial charge in [0, 0.05) is 25.7 Å². The van der Waals surface area contributed by atoms with Gasteiger partial charge in [0.1, 0.15) is 0 Å². The minimum absolute atomic E-state index is 0.285. The van der Waals surface area contributed by atoms with E-state index in [2.05, 4.69) is 17.3 Å². The first kappa shape index (κ1) is 14.8. The lowest BCUT2D eigenvalue weighted by Crippen LogP contribution is -2.45. The first-order chi connectivity index (χ1) is 9.16. The monoisotopic (exact) mass is 267 g/mol. The Morgan fingerprint density at radius 1 is 1.11 bits per heavy atom. The number of carbonyl (C=O) groups is 1. The van der Waals surface area contributed by atoms with Crippen LogP contribution in [0.2, 0.25) is 0 Å². The molecule has 1 aliphatic carbocycles. The fraction of sp³-hybridized carbons (Fsp3) is 0.933. The molecule has 0 spiro atoms. The van der Waals surface area contributed by atoms with E-state index < -0.39 is 0 Å². The molecule has 1 aliphatic heterocycles. The van der Waals surface area contributed by atoms with Crippen molar-refractivity contribution in [2.75, 3.05) is 33.7 Å². The van der Waals surface area contributed by atoms with Gasteiger partial charge in [-0.05, 0) is 39.3 Å². The summed E-state index contributed by atoms with van der Waals surface area (Å²) in [4.78, 5) is 16.5. The van der Waals surface area contributed by atoms with Crippen LogP contribution in [0.1, 0.15) is 44.9 Å². The molecule has 4 heteroatoms. The molecule has 2 fully saturated rings. The lowest BCUT2D eigenvalue weighted by atomic mass is 9.94. The van der Waals surface area contributed by atoms with Gasteiger partial charge in [-0.25, -0.2) is 0 Å². The molecule has 0 aromatic rings. The van der Waals surface area contributed by atoms with E-state index in [0.29, 0.717) is 18.6 Å². The van der Waals surface area contributed by atoms with E-state index in [1.54, 1.807) is 0 Å². The van der Waals surface area contributed by atoms with Gasteiger partial charge in [-0.1, -0.05) is 19.3 Å². The zero-order chi connectivity index (χ0) is 13.7. The van der Waals surface area contributed by atoms with E-state index in [1.165, 1.54) is 44.9 Å². The molecule has 1 N–H and O–H groups in total. The highest BCUT2D eigenvalue weighted by molar-refractivity contribution is 5.78. The predicted octanol–water partition coefficient (Wildman–Crippen LogP) is 1.46. The third-order valence-electron chi connectivity index (χ3n) is 4.62. The van der Waals surface area contributed by atoms with Crippen LogP contribution in [0.3, 0.4) is 0 Å². The van der Waals surface area contributed by atoms with Crippen molar-refractivity contribution >= 4 is 5.91 Å². The van der Waals surface area contributed by atoms with Crippen LogP contribution in [0.4, 0.5) is 0 Å². The maximum absolute atomic E-state index is 12.3. The minimum atomic E-state index is 0.285. The van der Waals surface area contributed by atoms with E-state index in [1.807, 2.05) is 11.9 Å². The molecule has 0 aromatic heterocycles. The number of hydrogen-bond donors (Lipinski definition) is 1. The average molecular weight is 267 g/mol. The molecular weight excluding hydrogens is 238 g/mol. The maximum atomic E-state index is 12.3. The van der Waals surface area contributed by atoms with E-state index in [4.69, 9.17) is 0 Å². The van der Waals surface area contributed by atoms with Crippen molar-refractivity contribution in [1.29, 1.82) is 0 Å². The zero-order valence-electron chi connectivity index (χ0n) is 12.5. The fourth-order valence-electron chi connectivity index (χ4n) is 3.37. The van der Waals surface area contributed by atoms with Gasteiger partial charge in [-0.15, -0.1) is 0 Å².